The zero-order valence-electron chi connectivity index (χ0n) is 18.4. The first-order chi connectivity index (χ1) is 15.9. The number of carbonyl (C=O) groups is 2. The lowest BCUT2D eigenvalue weighted by atomic mass is 9.95. The molecule has 1 aliphatic heterocycles. The van der Waals surface area contributed by atoms with Crippen molar-refractivity contribution >= 4 is 23.6 Å². The van der Waals surface area contributed by atoms with Crippen LogP contribution in [0.1, 0.15) is 18.4 Å². The van der Waals surface area contributed by atoms with Crippen LogP contribution in [0.2, 0.25) is 0 Å². The molecule has 2 aromatic rings. The number of piperidine rings is 1. The molecule has 2 aromatic carbocycles. The van der Waals surface area contributed by atoms with Crippen molar-refractivity contribution in [3.63, 3.8) is 0 Å². The molecule has 0 aliphatic carbocycles. The fraction of sp³-hybridized carbons (Fsp3) is 0.333. The van der Waals surface area contributed by atoms with Crippen LogP contribution >= 0.6 is 0 Å². The van der Waals surface area contributed by atoms with Crippen LogP contribution < -0.4 is 19.5 Å². The van der Waals surface area contributed by atoms with Gasteiger partial charge in [-0.05, 0) is 37.1 Å². The summed E-state index contributed by atoms with van der Waals surface area (Å²) in [5.74, 6) is -0.0297. The molecule has 1 fully saturated rings. The summed E-state index contributed by atoms with van der Waals surface area (Å²) in [5, 5.41) is 2.89. The molecule has 0 saturated carbocycles. The van der Waals surface area contributed by atoms with E-state index in [0.717, 1.165) is 0 Å². The van der Waals surface area contributed by atoms with E-state index in [0.29, 0.717) is 42.9 Å². The number of ether oxygens (including phenoxy) is 3. The molecule has 1 heterocycles. The van der Waals surface area contributed by atoms with Gasteiger partial charge in [0.1, 0.15) is 5.75 Å². The van der Waals surface area contributed by atoms with Crippen molar-refractivity contribution in [2.45, 2.75) is 19.5 Å². The summed E-state index contributed by atoms with van der Waals surface area (Å²) in [6.45, 7) is -2.21. The van der Waals surface area contributed by atoms with Crippen molar-refractivity contribution in [3.8, 4) is 17.2 Å². The summed E-state index contributed by atoms with van der Waals surface area (Å²) in [6, 6.07) is 11.8. The summed E-state index contributed by atoms with van der Waals surface area (Å²) in [6.07, 6.45) is 3.75. The third kappa shape index (κ3) is 6.21. The summed E-state index contributed by atoms with van der Waals surface area (Å²) in [4.78, 5) is 26.9. The van der Waals surface area contributed by atoms with Gasteiger partial charge in [-0.15, -0.1) is 0 Å². The van der Waals surface area contributed by atoms with Gasteiger partial charge in [-0.25, -0.2) is 0 Å². The van der Waals surface area contributed by atoms with Crippen molar-refractivity contribution in [2.24, 2.45) is 5.92 Å². The van der Waals surface area contributed by atoms with Gasteiger partial charge in [0.25, 0.3) is 0 Å². The van der Waals surface area contributed by atoms with E-state index < -0.39 is 6.61 Å². The molecule has 0 radical (unpaired) electrons. The Hall–Kier alpha value is -3.62. The monoisotopic (exact) mass is 460 g/mol. The molecule has 1 aliphatic rings. The summed E-state index contributed by atoms with van der Waals surface area (Å²) >= 11 is 0. The number of para-hydroxylation sites is 3. The van der Waals surface area contributed by atoms with Crippen molar-refractivity contribution in [1.82, 2.24) is 4.90 Å². The van der Waals surface area contributed by atoms with Crippen LogP contribution in [0.3, 0.4) is 0 Å². The molecule has 1 saturated heterocycles. The van der Waals surface area contributed by atoms with Gasteiger partial charge in [-0.2, -0.15) is 8.78 Å². The minimum atomic E-state index is -3.02. The molecule has 0 bridgehead atoms. The van der Waals surface area contributed by atoms with Crippen LogP contribution in [0.25, 0.3) is 6.08 Å². The van der Waals surface area contributed by atoms with E-state index in [4.69, 9.17) is 9.47 Å². The zero-order valence-corrected chi connectivity index (χ0v) is 18.4. The number of benzene rings is 2. The van der Waals surface area contributed by atoms with E-state index in [9.17, 15) is 18.4 Å². The Kier molecular flexibility index (Phi) is 8.23. The Morgan fingerprint density at radius 1 is 1.03 bits per heavy atom. The van der Waals surface area contributed by atoms with Gasteiger partial charge in [0.15, 0.2) is 11.5 Å². The van der Waals surface area contributed by atoms with Crippen LogP contribution in [-0.2, 0) is 9.59 Å². The minimum absolute atomic E-state index is 0.118. The number of amides is 2. The number of hydrogen-bond donors (Lipinski definition) is 1. The normalized spacial score (nSPS) is 14.4. The third-order valence-electron chi connectivity index (χ3n) is 5.38. The Morgan fingerprint density at radius 2 is 1.70 bits per heavy atom. The standard InChI is InChI=1S/C24H26F2N2O5/c1-31-19-8-4-3-7-18(19)27-23(30)17-12-14-28(15-13-17)21(29)11-10-16-6-5-9-20(32-2)22(16)33-24(25)26/h3-11,17,24H,12-15H2,1-2H3,(H,27,30)/b11-10+. The fourth-order valence-electron chi connectivity index (χ4n) is 3.65. The number of halogens is 2. The maximum Gasteiger partial charge on any atom is 0.387 e. The summed E-state index contributed by atoms with van der Waals surface area (Å²) in [5.41, 5.74) is 0.903. The first kappa shape index (κ1) is 24.0. The molecule has 0 spiro atoms. The lowest BCUT2D eigenvalue weighted by Gasteiger charge is -2.30. The Balaban J connectivity index is 1.59. The predicted molar refractivity (Wildman–Crippen MR) is 120 cm³/mol. The second-order valence-corrected chi connectivity index (χ2v) is 7.38. The van der Waals surface area contributed by atoms with Gasteiger partial charge in [0.05, 0.1) is 19.9 Å². The maximum atomic E-state index is 12.8. The molecule has 0 unspecified atom stereocenters. The van der Waals surface area contributed by atoms with E-state index in [1.54, 1.807) is 29.2 Å². The molecule has 0 atom stereocenters. The van der Waals surface area contributed by atoms with E-state index in [1.165, 1.54) is 32.4 Å². The van der Waals surface area contributed by atoms with Gasteiger partial charge in [-0.3, -0.25) is 9.59 Å². The number of carbonyl (C=O) groups excluding carboxylic acids is 2. The van der Waals surface area contributed by atoms with Crippen LogP contribution in [0.5, 0.6) is 17.2 Å². The average Bonchev–Trinajstić information content (AvgIpc) is 2.83. The number of nitrogens with zero attached hydrogens (tertiary/aromatic N) is 1. The topological polar surface area (TPSA) is 77.1 Å². The highest BCUT2D eigenvalue weighted by Crippen LogP contribution is 2.33. The molecular weight excluding hydrogens is 434 g/mol. The number of anilines is 1. The highest BCUT2D eigenvalue weighted by Gasteiger charge is 2.27. The Morgan fingerprint density at radius 3 is 2.36 bits per heavy atom. The number of hydrogen-bond acceptors (Lipinski definition) is 5. The average molecular weight is 460 g/mol. The van der Waals surface area contributed by atoms with Crippen molar-refractivity contribution in [3.05, 3.63) is 54.1 Å². The quantitative estimate of drug-likeness (QED) is 0.598. The van der Waals surface area contributed by atoms with Crippen molar-refractivity contribution in [1.29, 1.82) is 0 Å². The minimum Gasteiger partial charge on any atom is -0.495 e. The number of methoxy groups -OCH3 is 2. The van der Waals surface area contributed by atoms with Gasteiger partial charge in [-0.1, -0.05) is 24.3 Å². The largest absolute Gasteiger partial charge is 0.495 e. The number of nitrogens with one attached hydrogen (secondary N) is 1. The van der Waals surface area contributed by atoms with Crippen LogP contribution in [0, 0.1) is 5.92 Å². The van der Waals surface area contributed by atoms with Crippen molar-refractivity contribution < 1.29 is 32.6 Å². The summed E-state index contributed by atoms with van der Waals surface area (Å²) < 4.78 is 40.4. The van der Waals surface area contributed by atoms with E-state index in [2.05, 4.69) is 10.1 Å². The predicted octanol–water partition coefficient (Wildman–Crippen LogP) is 4.20. The molecule has 176 valence electrons. The van der Waals surface area contributed by atoms with Gasteiger partial charge < -0.3 is 24.4 Å². The van der Waals surface area contributed by atoms with Gasteiger partial charge in [0, 0.05) is 30.6 Å². The van der Waals surface area contributed by atoms with E-state index >= 15 is 0 Å². The first-order valence-corrected chi connectivity index (χ1v) is 10.5. The lowest BCUT2D eigenvalue weighted by Crippen LogP contribution is -2.40. The second-order valence-electron chi connectivity index (χ2n) is 7.38. The number of rotatable bonds is 8. The molecule has 0 aromatic heterocycles. The molecule has 2 amide bonds. The Labute approximate surface area is 190 Å². The fourth-order valence-corrected chi connectivity index (χ4v) is 3.65. The van der Waals surface area contributed by atoms with Crippen LogP contribution in [0.4, 0.5) is 14.5 Å². The molecule has 33 heavy (non-hydrogen) atoms. The smallest absolute Gasteiger partial charge is 0.387 e. The van der Waals surface area contributed by atoms with Gasteiger partial charge in [0.2, 0.25) is 11.8 Å². The SMILES string of the molecule is COc1ccccc1NC(=O)C1CCN(C(=O)/C=C/c2cccc(OC)c2OC(F)F)CC1. The molecular formula is C24H26F2N2O5. The molecule has 1 N–H and O–H groups in total. The molecule has 3 rings (SSSR count). The molecule has 7 nitrogen and oxygen atoms in total. The number of alkyl halides is 2. The maximum absolute atomic E-state index is 12.8. The van der Waals surface area contributed by atoms with E-state index in [-0.39, 0.29) is 29.2 Å². The van der Waals surface area contributed by atoms with Crippen molar-refractivity contribution in [2.75, 3.05) is 32.6 Å². The highest BCUT2D eigenvalue weighted by atomic mass is 19.3. The Bertz CT molecular complexity index is 1000. The third-order valence-corrected chi connectivity index (χ3v) is 5.38. The zero-order chi connectivity index (χ0) is 23.8. The first-order valence-electron chi connectivity index (χ1n) is 10.5. The van der Waals surface area contributed by atoms with E-state index in [1.807, 2.05) is 12.1 Å². The summed E-state index contributed by atoms with van der Waals surface area (Å²) in [7, 11) is 2.89. The van der Waals surface area contributed by atoms with Crippen LogP contribution in [-0.4, -0.2) is 50.6 Å². The molecule has 9 heteroatoms. The lowest BCUT2D eigenvalue weighted by molar-refractivity contribution is -0.130. The second kappa shape index (κ2) is 11.3. The number of likely N-dealkylation sites (tertiary alicyclic amines) is 1. The van der Waals surface area contributed by atoms with Gasteiger partial charge >= 0.3 is 6.61 Å². The highest BCUT2D eigenvalue weighted by molar-refractivity contribution is 5.95. The van der Waals surface area contributed by atoms with Crippen LogP contribution in [0.15, 0.2) is 48.5 Å².